The third kappa shape index (κ3) is 3.68. The van der Waals surface area contributed by atoms with Crippen LogP contribution in [0.25, 0.3) is 11.2 Å². The molecule has 0 saturated carbocycles. The zero-order chi connectivity index (χ0) is 19.6. The van der Waals surface area contributed by atoms with Gasteiger partial charge in [0.25, 0.3) is 5.56 Å². The number of benzene rings is 1. The molecule has 0 aliphatic carbocycles. The number of rotatable bonds is 6. The predicted octanol–water partition coefficient (Wildman–Crippen LogP) is -0.846. The van der Waals surface area contributed by atoms with Gasteiger partial charge in [-0.1, -0.05) is 30.3 Å². The second-order valence-corrected chi connectivity index (χ2v) is 6.39. The Morgan fingerprint density at radius 3 is 2.56 bits per heavy atom. The van der Waals surface area contributed by atoms with Crippen LogP contribution in [0, 0.1) is 0 Å². The first-order valence-corrected chi connectivity index (χ1v) is 8.47. The third-order valence-corrected chi connectivity index (χ3v) is 4.44. The summed E-state index contributed by atoms with van der Waals surface area (Å²) in [4.78, 5) is 40.9. The minimum atomic E-state index is -0.513. The Hall–Kier alpha value is -3.20. The van der Waals surface area contributed by atoms with E-state index in [9.17, 15) is 19.5 Å². The van der Waals surface area contributed by atoms with E-state index >= 15 is 0 Å². The summed E-state index contributed by atoms with van der Waals surface area (Å²) in [6.45, 7) is -0.350. The van der Waals surface area contributed by atoms with Crippen LogP contribution < -0.4 is 16.6 Å². The lowest BCUT2D eigenvalue weighted by Crippen LogP contribution is -2.41. The van der Waals surface area contributed by atoms with E-state index in [1.54, 1.807) is 0 Å². The van der Waals surface area contributed by atoms with Crippen LogP contribution in [0.3, 0.4) is 0 Å². The molecule has 0 aliphatic heterocycles. The van der Waals surface area contributed by atoms with Crippen LogP contribution in [0.5, 0.6) is 0 Å². The Morgan fingerprint density at radius 1 is 1.19 bits per heavy atom. The zero-order valence-electron chi connectivity index (χ0n) is 15.1. The molecule has 0 spiro atoms. The molecule has 0 saturated heterocycles. The second-order valence-electron chi connectivity index (χ2n) is 6.39. The molecule has 2 N–H and O–H groups in total. The number of imidazole rings is 1. The average Bonchev–Trinajstić information content (AvgIpc) is 3.08. The summed E-state index contributed by atoms with van der Waals surface area (Å²) < 4.78 is 3.64. The Bertz CT molecular complexity index is 1080. The number of hydrogen-bond acceptors (Lipinski definition) is 5. The molecule has 27 heavy (non-hydrogen) atoms. The van der Waals surface area contributed by atoms with E-state index in [1.165, 1.54) is 29.6 Å². The van der Waals surface area contributed by atoms with Gasteiger partial charge in [0.2, 0.25) is 5.91 Å². The Balaban J connectivity index is 1.80. The van der Waals surface area contributed by atoms with Crippen molar-refractivity contribution < 1.29 is 9.90 Å². The molecule has 0 unspecified atom stereocenters. The second kappa shape index (κ2) is 7.58. The minimum absolute atomic E-state index is 0.144. The third-order valence-electron chi connectivity index (χ3n) is 4.44. The number of fused-ring (bicyclic) bond motifs is 1. The fraction of sp³-hybridized carbons (Fsp3) is 0.333. The quantitative estimate of drug-likeness (QED) is 0.587. The molecule has 3 rings (SSSR count). The highest BCUT2D eigenvalue weighted by atomic mass is 16.3. The van der Waals surface area contributed by atoms with Crippen LogP contribution in [0.1, 0.15) is 5.56 Å². The number of carbonyl (C=O) groups is 1. The maximum absolute atomic E-state index is 12.4. The summed E-state index contributed by atoms with van der Waals surface area (Å²) in [6.07, 6.45) is 1.85. The van der Waals surface area contributed by atoms with Gasteiger partial charge in [0.1, 0.15) is 6.54 Å². The van der Waals surface area contributed by atoms with E-state index in [1.807, 2.05) is 30.3 Å². The maximum atomic E-state index is 12.4. The number of aliphatic hydroxyl groups excluding tert-OH is 1. The highest BCUT2D eigenvalue weighted by Crippen LogP contribution is 2.06. The van der Waals surface area contributed by atoms with Gasteiger partial charge in [-0.25, -0.2) is 9.78 Å². The average molecular weight is 371 g/mol. The summed E-state index contributed by atoms with van der Waals surface area (Å²) in [5, 5.41) is 12.3. The smallest absolute Gasteiger partial charge is 0.332 e. The molecule has 0 radical (unpaired) electrons. The molecule has 9 heteroatoms. The summed E-state index contributed by atoms with van der Waals surface area (Å²) in [5.74, 6) is -0.361. The number of aliphatic hydroxyl groups is 1. The molecule has 0 bridgehead atoms. The summed E-state index contributed by atoms with van der Waals surface area (Å²) in [6, 6.07) is 9.08. The van der Waals surface area contributed by atoms with Gasteiger partial charge in [-0.2, -0.15) is 0 Å². The Kier molecular flexibility index (Phi) is 5.22. The molecule has 1 amide bonds. The van der Waals surface area contributed by atoms with Crippen LogP contribution in [0.2, 0.25) is 0 Å². The van der Waals surface area contributed by atoms with E-state index in [2.05, 4.69) is 10.3 Å². The van der Waals surface area contributed by atoms with Crippen LogP contribution >= 0.6 is 0 Å². The zero-order valence-corrected chi connectivity index (χ0v) is 15.1. The monoisotopic (exact) mass is 371 g/mol. The van der Waals surface area contributed by atoms with Crippen molar-refractivity contribution in [2.24, 2.45) is 14.1 Å². The fourth-order valence-corrected chi connectivity index (χ4v) is 3.00. The van der Waals surface area contributed by atoms with Crippen LogP contribution in [-0.2, 0) is 31.9 Å². The lowest BCUT2D eigenvalue weighted by molar-refractivity contribution is -0.122. The van der Waals surface area contributed by atoms with Crippen LogP contribution in [0.4, 0.5) is 0 Å². The Labute approximate surface area is 154 Å². The molecule has 9 nitrogen and oxygen atoms in total. The SMILES string of the molecule is Cn1c(=O)c2c(ncn2CC(=O)N[C@H](CO)Cc2ccccc2)n(C)c1=O. The number of hydrogen-bond donors (Lipinski definition) is 2. The van der Waals surface area contributed by atoms with Crippen molar-refractivity contribution in [1.82, 2.24) is 24.0 Å². The standard InChI is InChI=1S/C18H21N5O4/c1-21-16-15(17(26)22(2)18(21)27)23(11-19-16)9-14(25)20-13(10-24)8-12-6-4-3-5-7-12/h3-7,11,13,24H,8-10H2,1-2H3,(H,20,25)/t13-/m0/s1. The molecule has 142 valence electrons. The first kappa shape index (κ1) is 18.6. The Morgan fingerprint density at radius 2 is 1.89 bits per heavy atom. The lowest BCUT2D eigenvalue weighted by Gasteiger charge is -2.16. The first-order valence-electron chi connectivity index (χ1n) is 8.47. The molecular weight excluding hydrogens is 350 g/mol. The lowest BCUT2D eigenvalue weighted by atomic mass is 10.1. The summed E-state index contributed by atoms with van der Waals surface area (Å²) in [5.41, 5.74) is 0.401. The summed E-state index contributed by atoms with van der Waals surface area (Å²) >= 11 is 0. The number of amides is 1. The topological polar surface area (TPSA) is 111 Å². The van der Waals surface area contributed by atoms with E-state index in [4.69, 9.17) is 0 Å². The van der Waals surface area contributed by atoms with Crippen molar-refractivity contribution in [2.75, 3.05) is 6.61 Å². The largest absolute Gasteiger partial charge is 0.394 e. The highest BCUT2D eigenvalue weighted by Gasteiger charge is 2.17. The molecule has 1 aromatic carbocycles. The fourth-order valence-electron chi connectivity index (χ4n) is 3.00. The number of nitrogens with one attached hydrogen (secondary N) is 1. The molecular formula is C18H21N5O4. The number of nitrogens with zero attached hydrogens (tertiary/aromatic N) is 4. The van der Waals surface area contributed by atoms with Crippen LogP contribution in [-0.4, -0.2) is 42.3 Å². The molecule has 1 atom stereocenters. The molecule has 3 aromatic rings. The molecule has 0 aliphatic rings. The highest BCUT2D eigenvalue weighted by molar-refractivity contribution is 5.79. The summed E-state index contributed by atoms with van der Waals surface area (Å²) in [7, 11) is 2.90. The van der Waals surface area contributed by atoms with Gasteiger partial charge in [-0.15, -0.1) is 0 Å². The molecule has 2 heterocycles. The predicted molar refractivity (Wildman–Crippen MR) is 99.4 cm³/mol. The number of aryl methyl sites for hydroxylation is 1. The van der Waals surface area contributed by atoms with Gasteiger partial charge in [-0.3, -0.25) is 18.7 Å². The first-order chi connectivity index (χ1) is 12.9. The normalized spacial score (nSPS) is 12.3. The minimum Gasteiger partial charge on any atom is -0.394 e. The van der Waals surface area contributed by atoms with Crippen molar-refractivity contribution >= 4 is 17.1 Å². The van der Waals surface area contributed by atoms with Gasteiger partial charge >= 0.3 is 5.69 Å². The van der Waals surface area contributed by atoms with Crippen molar-refractivity contribution in [2.45, 2.75) is 19.0 Å². The van der Waals surface area contributed by atoms with Gasteiger partial charge in [0.15, 0.2) is 11.2 Å². The van der Waals surface area contributed by atoms with Gasteiger partial charge < -0.3 is 15.0 Å². The van der Waals surface area contributed by atoms with E-state index in [-0.39, 0.29) is 30.2 Å². The molecule has 2 aromatic heterocycles. The van der Waals surface area contributed by atoms with Gasteiger partial charge in [0.05, 0.1) is 19.0 Å². The number of carbonyl (C=O) groups excluding carboxylic acids is 1. The van der Waals surface area contributed by atoms with Gasteiger partial charge in [0, 0.05) is 14.1 Å². The van der Waals surface area contributed by atoms with Crippen molar-refractivity contribution in [3.8, 4) is 0 Å². The maximum Gasteiger partial charge on any atom is 0.332 e. The van der Waals surface area contributed by atoms with E-state index < -0.39 is 17.3 Å². The number of aromatic nitrogens is 4. The van der Waals surface area contributed by atoms with Crippen LogP contribution in [0.15, 0.2) is 46.2 Å². The molecule has 0 fully saturated rings. The van der Waals surface area contributed by atoms with E-state index in [0.29, 0.717) is 6.42 Å². The van der Waals surface area contributed by atoms with Crippen molar-refractivity contribution in [3.05, 3.63) is 63.1 Å². The van der Waals surface area contributed by atoms with Crippen molar-refractivity contribution in [3.63, 3.8) is 0 Å². The van der Waals surface area contributed by atoms with Crippen molar-refractivity contribution in [1.29, 1.82) is 0 Å². The van der Waals surface area contributed by atoms with E-state index in [0.717, 1.165) is 10.1 Å². The van der Waals surface area contributed by atoms with Gasteiger partial charge in [-0.05, 0) is 12.0 Å².